The Hall–Kier alpha value is -0.860. The number of pyridine rings is 1. The van der Waals surface area contributed by atoms with Crippen molar-refractivity contribution in [2.24, 2.45) is 11.8 Å². The fraction of sp³-hybridized carbons (Fsp3) is 0.500. The van der Waals surface area contributed by atoms with Crippen LogP contribution in [0.5, 0.6) is 0 Å². The maximum atomic E-state index is 5.98. The van der Waals surface area contributed by atoms with E-state index in [2.05, 4.69) is 22.4 Å². The molecule has 0 saturated carbocycles. The second-order valence-electron chi connectivity index (χ2n) is 5.09. The van der Waals surface area contributed by atoms with Gasteiger partial charge in [0.05, 0.1) is 0 Å². The molecule has 3 heteroatoms. The normalized spacial score (nSPS) is 27.8. The summed E-state index contributed by atoms with van der Waals surface area (Å²) in [5.74, 6) is 1.51. The summed E-state index contributed by atoms with van der Waals surface area (Å²) in [6.45, 7) is 4.29. The fourth-order valence-electron chi connectivity index (χ4n) is 3.04. The van der Waals surface area contributed by atoms with Gasteiger partial charge in [-0.2, -0.15) is 0 Å². The van der Waals surface area contributed by atoms with E-state index >= 15 is 0 Å². The highest BCUT2D eigenvalue weighted by molar-refractivity contribution is 6.30. The Morgan fingerprint density at radius 2 is 2.35 bits per heavy atom. The number of aromatic nitrogens is 1. The van der Waals surface area contributed by atoms with E-state index in [1.165, 1.54) is 30.5 Å². The van der Waals surface area contributed by atoms with Crippen molar-refractivity contribution in [2.45, 2.75) is 19.8 Å². The minimum absolute atomic E-state index is 0.616. The minimum Gasteiger partial charge on any atom is -0.316 e. The molecule has 2 aliphatic rings. The Morgan fingerprint density at radius 1 is 1.47 bits per heavy atom. The highest BCUT2D eigenvalue weighted by atomic mass is 35.5. The van der Waals surface area contributed by atoms with Crippen LogP contribution in [0.3, 0.4) is 0 Å². The zero-order valence-corrected chi connectivity index (χ0v) is 10.8. The lowest BCUT2D eigenvalue weighted by molar-refractivity contribution is 0.328. The Bertz CT molecular complexity index is 467. The number of fused-ring (bicyclic) bond motifs is 1. The van der Waals surface area contributed by atoms with E-state index in [0.29, 0.717) is 11.1 Å². The average molecular weight is 249 g/mol. The van der Waals surface area contributed by atoms with E-state index in [9.17, 15) is 0 Å². The van der Waals surface area contributed by atoms with Gasteiger partial charge >= 0.3 is 0 Å². The first-order valence-corrected chi connectivity index (χ1v) is 6.67. The summed E-state index contributed by atoms with van der Waals surface area (Å²) in [7, 11) is 0. The van der Waals surface area contributed by atoms with Crippen molar-refractivity contribution in [3.63, 3.8) is 0 Å². The van der Waals surface area contributed by atoms with Gasteiger partial charge in [-0.25, -0.2) is 4.98 Å². The van der Waals surface area contributed by atoms with Crippen LogP contribution in [0.2, 0.25) is 5.15 Å². The zero-order valence-electron chi connectivity index (χ0n) is 10.0. The summed E-state index contributed by atoms with van der Waals surface area (Å²) in [6.07, 6.45) is 6.83. The fourth-order valence-corrected chi connectivity index (χ4v) is 3.14. The number of hydrogen-bond donors (Lipinski definition) is 1. The maximum absolute atomic E-state index is 5.98. The van der Waals surface area contributed by atoms with Crippen LogP contribution in [0, 0.1) is 18.8 Å². The second kappa shape index (κ2) is 4.43. The van der Waals surface area contributed by atoms with E-state index in [0.717, 1.165) is 18.0 Å². The Balaban J connectivity index is 1.91. The molecular formula is C14H17ClN2. The predicted molar refractivity (Wildman–Crippen MR) is 71.0 cm³/mol. The molecule has 2 heterocycles. The first-order valence-electron chi connectivity index (χ1n) is 6.29. The van der Waals surface area contributed by atoms with Crippen LogP contribution in [0.25, 0.3) is 5.57 Å². The Labute approximate surface area is 107 Å². The maximum Gasteiger partial charge on any atom is 0.131 e. The van der Waals surface area contributed by atoms with E-state index in [1.807, 2.05) is 13.1 Å². The molecule has 0 bridgehead atoms. The van der Waals surface area contributed by atoms with Crippen molar-refractivity contribution < 1.29 is 0 Å². The summed E-state index contributed by atoms with van der Waals surface area (Å²) in [5.41, 5.74) is 3.79. The molecule has 1 N–H and O–H groups in total. The highest BCUT2D eigenvalue weighted by Crippen LogP contribution is 2.41. The molecule has 1 fully saturated rings. The number of aryl methyl sites for hydroxylation is 1. The monoisotopic (exact) mass is 248 g/mol. The third kappa shape index (κ3) is 2.00. The van der Waals surface area contributed by atoms with Gasteiger partial charge in [0.1, 0.15) is 5.15 Å². The van der Waals surface area contributed by atoms with Gasteiger partial charge in [0.15, 0.2) is 0 Å². The van der Waals surface area contributed by atoms with E-state index < -0.39 is 0 Å². The molecule has 2 nitrogen and oxygen atoms in total. The van der Waals surface area contributed by atoms with Crippen molar-refractivity contribution in [1.29, 1.82) is 0 Å². The number of piperidine rings is 1. The molecule has 1 aromatic rings. The summed E-state index contributed by atoms with van der Waals surface area (Å²) in [5, 5.41) is 4.11. The lowest BCUT2D eigenvalue weighted by atomic mass is 9.84. The van der Waals surface area contributed by atoms with Gasteiger partial charge in [-0.15, -0.1) is 0 Å². The number of halogens is 1. The van der Waals surface area contributed by atoms with Gasteiger partial charge in [-0.3, -0.25) is 0 Å². The van der Waals surface area contributed by atoms with Gasteiger partial charge in [0.2, 0.25) is 0 Å². The van der Waals surface area contributed by atoms with Crippen molar-refractivity contribution in [1.82, 2.24) is 10.3 Å². The largest absolute Gasteiger partial charge is 0.316 e. The van der Waals surface area contributed by atoms with Crippen LogP contribution in [0.15, 0.2) is 18.3 Å². The van der Waals surface area contributed by atoms with Gasteiger partial charge in [0, 0.05) is 12.7 Å². The molecule has 3 rings (SSSR count). The number of hydrogen-bond acceptors (Lipinski definition) is 2. The predicted octanol–water partition coefficient (Wildman–Crippen LogP) is 3.06. The smallest absolute Gasteiger partial charge is 0.131 e. The molecule has 2 atom stereocenters. The second-order valence-corrected chi connectivity index (χ2v) is 5.44. The minimum atomic E-state index is 0.616. The van der Waals surface area contributed by atoms with E-state index in [-0.39, 0.29) is 0 Å². The van der Waals surface area contributed by atoms with Gasteiger partial charge in [-0.1, -0.05) is 17.7 Å². The quantitative estimate of drug-likeness (QED) is 0.773. The topological polar surface area (TPSA) is 24.9 Å². The lowest BCUT2D eigenvalue weighted by Crippen LogP contribution is -2.34. The summed E-state index contributed by atoms with van der Waals surface area (Å²) < 4.78 is 0. The molecule has 1 aliphatic carbocycles. The van der Waals surface area contributed by atoms with Gasteiger partial charge < -0.3 is 5.32 Å². The molecule has 0 amide bonds. The molecule has 0 radical (unpaired) electrons. The zero-order chi connectivity index (χ0) is 11.8. The van der Waals surface area contributed by atoms with Crippen LogP contribution in [-0.2, 0) is 0 Å². The van der Waals surface area contributed by atoms with Crippen LogP contribution < -0.4 is 5.32 Å². The third-order valence-electron chi connectivity index (χ3n) is 4.01. The number of rotatable bonds is 1. The summed E-state index contributed by atoms with van der Waals surface area (Å²) >= 11 is 5.98. The number of allylic oxidation sites excluding steroid dienone is 1. The Kier molecular flexibility index (Phi) is 2.93. The van der Waals surface area contributed by atoms with E-state index in [4.69, 9.17) is 11.6 Å². The lowest BCUT2D eigenvalue weighted by Gasteiger charge is -2.28. The van der Waals surface area contributed by atoms with Crippen molar-refractivity contribution in [3.8, 4) is 0 Å². The van der Waals surface area contributed by atoms with Gasteiger partial charge in [-0.05, 0) is 60.9 Å². The molecule has 0 spiro atoms. The molecule has 0 aromatic carbocycles. The summed E-state index contributed by atoms with van der Waals surface area (Å²) in [4.78, 5) is 4.27. The van der Waals surface area contributed by atoms with Crippen LogP contribution in [0.4, 0.5) is 0 Å². The average Bonchev–Trinajstić information content (AvgIpc) is 2.76. The van der Waals surface area contributed by atoms with Crippen molar-refractivity contribution in [3.05, 3.63) is 34.6 Å². The SMILES string of the molecule is Cc1cc(C2=CC[C@H]3CCNC[C@@H]23)cnc1Cl. The standard InChI is InChI=1S/C14H17ClN2/c1-9-6-11(7-17-14(9)15)12-3-2-10-4-5-16-8-13(10)12/h3,6-7,10,13,16H,2,4-5,8H2,1H3/t10-,13+/m0/s1. The molecular weight excluding hydrogens is 232 g/mol. The third-order valence-corrected chi connectivity index (χ3v) is 4.41. The highest BCUT2D eigenvalue weighted by Gasteiger charge is 2.32. The molecule has 90 valence electrons. The van der Waals surface area contributed by atoms with Gasteiger partial charge in [0.25, 0.3) is 0 Å². The van der Waals surface area contributed by atoms with Crippen molar-refractivity contribution in [2.75, 3.05) is 13.1 Å². The van der Waals surface area contributed by atoms with Crippen LogP contribution in [-0.4, -0.2) is 18.1 Å². The molecule has 0 unspecified atom stereocenters. The number of nitrogens with one attached hydrogen (secondary N) is 1. The molecule has 1 aromatic heterocycles. The van der Waals surface area contributed by atoms with Crippen molar-refractivity contribution >= 4 is 17.2 Å². The molecule has 1 aliphatic heterocycles. The van der Waals surface area contributed by atoms with E-state index in [1.54, 1.807) is 0 Å². The van der Waals surface area contributed by atoms with Crippen LogP contribution in [0.1, 0.15) is 24.0 Å². The summed E-state index contributed by atoms with van der Waals surface area (Å²) in [6, 6.07) is 2.16. The first-order chi connectivity index (χ1) is 8.25. The molecule has 17 heavy (non-hydrogen) atoms. The molecule has 1 saturated heterocycles. The van der Waals surface area contributed by atoms with Crippen LogP contribution >= 0.6 is 11.6 Å². The first kappa shape index (κ1) is 11.2. The Morgan fingerprint density at radius 3 is 3.18 bits per heavy atom. The number of nitrogens with zero attached hydrogens (tertiary/aromatic N) is 1.